The van der Waals surface area contributed by atoms with E-state index in [-0.39, 0.29) is 5.41 Å². The van der Waals surface area contributed by atoms with E-state index in [2.05, 4.69) is 26.1 Å². The molecule has 0 heterocycles. The van der Waals surface area contributed by atoms with Crippen molar-refractivity contribution in [2.45, 2.75) is 27.2 Å². The molecule has 0 atom stereocenters. The number of rotatable bonds is 2. The largest absolute Gasteiger partial charge is 0.450 e. The van der Waals surface area contributed by atoms with Gasteiger partial charge < -0.3 is 5.32 Å². The smallest absolute Gasteiger partial charge is 0.318 e. The maximum absolute atomic E-state index is 9.86. The Morgan fingerprint density at radius 1 is 1.40 bits per heavy atom. The molecule has 1 amide bonds. The molecule has 0 unspecified atom stereocenters. The molecule has 1 radical (unpaired) electrons. The molecule has 0 saturated carbocycles. The van der Waals surface area contributed by atoms with Crippen molar-refractivity contribution in [1.82, 2.24) is 5.32 Å². The monoisotopic (exact) mass is 144 g/mol. The van der Waals surface area contributed by atoms with Crippen LogP contribution in [-0.4, -0.2) is 12.6 Å². The fourth-order valence-corrected chi connectivity index (χ4v) is 0.540. The van der Waals surface area contributed by atoms with Crippen molar-refractivity contribution in [2.24, 2.45) is 5.41 Å². The fraction of sp³-hybridized carbons (Fsp3) is 0.857. The van der Waals surface area contributed by atoms with E-state index < -0.39 is 6.09 Å². The van der Waals surface area contributed by atoms with Gasteiger partial charge in [-0.2, -0.15) is 0 Å². The Morgan fingerprint density at radius 2 is 1.90 bits per heavy atom. The summed E-state index contributed by atoms with van der Waals surface area (Å²) in [5, 5.41) is 12.1. The van der Waals surface area contributed by atoms with Crippen LogP contribution in [-0.2, 0) is 5.11 Å². The third-order valence-electron chi connectivity index (χ3n) is 1.14. The molecule has 0 aromatic carbocycles. The van der Waals surface area contributed by atoms with Crippen LogP contribution in [0.2, 0.25) is 0 Å². The number of hydrogen-bond donors (Lipinski definition) is 1. The Morgan fingerprint density at radius 3 is 2.20 bits per heavy atom. The molecule has 0 saturated heterocycles. The maximum Gasteiger partial charge on any atom is 0.450 e. The highest BCUT2D eigenvalue weighted by atomic mass is 16.4. The SMILES string of the molecule is CC(C)(C)CCNC([O])=O. The summed E-state index contributed by atoms with van der Waals surface area (Å²) in [6.07, 6.45) is -0.356. The minimum Gasteiger partial charge on any atom is -0.318 e. The summed E-state index contributed by atoms with van der Waals surface area (Å²) in [7, 11) is 0. The van der Waals surface area contributed by atoms with Crippen molar-refractivity contribution in [3.05, 3.63) is 0 Å². The van der Waals surface area contributed by atoms with Gasteiger partial charge in [-0.25, -0.2) is 9.90 Å². The molecule has 3 heteroatoms. The van der Waals surface area contributed by atoms with Gasteiger partial charge in [-0.3, -0.25) is 0 Å². The van der Waals surface area contributed by atoms with E-state index in [1.807, 2.05) is 0 Å². The Bertz CT molecular complexity index is 115. The van der Waals surface area contributed by atoms with E-state index in [0.717, 1.165) is 6.42 Å². The van der Waals surface area contributed by atoms with Crippen LogP contribution in [0.1, 0.15) is 27.2 Å². The van der Waals surface area contributed by atoms with Crippen molar-refractivity contribution in [3.63, 3.8) is 0 Å². The van der Waals surface area contributed by atoms with Crippen LogP contribution in [0.25, 0.3) is 0 Å². The lowest BCUT2D eigenvalue weighted by Gasteiger charge is -2.16. The normalized spacial score (nSPS) is 11.1. The standard InChI is InChI=1S/C7H14NO2/c1-7(2,3)4-5-8-6(9)10/h8H,4-5H2,1-3H3. The Kier molecular flexibility index (Phi) is 3.19. The van der Waals surface area contributed by atoms with Gasteiger partial charge in [0.25, 0.3) is 0 Å². The summed E-state index contributed by atoms with van der Waals surface area (Å²) in [5.74, 6) is 0. The van der Waals surface area contributed by atoms with Crippen molar-refractivity contribution >= 4 is 6.09 Å². The van der Waals surface area contributed by atoms with Gasteiger partial charge in [0.15, 0.2) is 0 Å². The van der Waals surface area contributed by atoms with Gasteiger partial charge in [0.2, 0.25) is 0 Å². The molecular formula is C7H14NO2. The van der Waals surface area contributed by atoms with Gasteiger partial charge in [0.05, 0.1) is 0 Å². The zero-order valence-corrected chi connectivity index (χ0v) is 6.73. The summed E-state index contributed by atoms with van der Waals surface area (Å²) in [5.41, 5.74) is 0.183. The first-order chi connectivity index (χ1) is 4.42. The van der Waals surface area contributed by atoms with E-state index in [1.165, 1.54) is 0 Å². The molecule has 0 aliphatic carbocycles. The topological polar surface area (TPSA) is 49.0 Å². The highest BCUT2D eigenvalue weighted by Gasteiger charge is 2.09. The van der Waals surface area contributed by atoms with Gasteiger partial charge in [-0.05, 0) is 11.8 Å². The summed E-state index contributed by atoms with van der Waals surface area (Å²) in [6, 6.07) is 0. The summed E-state index contributed by atoms with van der Waals surface area (Å²) >= 11 is 0. The van der Waals surface area contributed by atoms with Gasteiger partial charge in [0.1, 0.15) is 0 Å². The minimum atomic E-state index is -1.19. The molecular weight excluding hydrogens is 130 g/mol. The molecule has 0 spiro atoms. The van der Waals surface area contributed by atoms with E-state index >= 15 is 0 Å². The predicted molar refractivity (Wildman–Crippen MR) is 38.2 cm³/mol. The number of nitrogens with one attached hydrogen (secondary N) is 1. The average Bonchev–Trinajstić information content (AvgIpc) is 1.59. The first-order valence-corrected chi connectivity index (χ1v) is 3.37. The third kappa shape index (κ3) is 7.27. The van der Waals surface area contributed by atoms with Crippen LogP contribution in [0.15, 0.2) is 0 Å². The molecule has 0 fully saturated rings. The zero-order valence-electron chi connectivity index (χ0n) is 6.73. The third-order valence-corrected chi connectivity index (χ3v) is 1.14. The highest BCUT2D eigenvalue weighted by molar-refractivity contribution is 5.63. The predicted octanol–water partition coefficient (Wildman–Crippen LogP) is 1.56. The van der Waals surface area contributed by atoms with Crippen LogP contribution < -0.4 is 5.32 Å². The van der Waals surface area contributed by atoms with Gasteiger partial charge >= 0.3 is 6.09 Å². The van der Waals surface area contributed by atoms with E-state index in [0.29, 0.717) is 6.54 Å². The second-order valence-corrected chi connectivity index (χ2v) is 3.52. The summed E-state index contributed by atoms with van der Waals surface area (Å²) in [4.78, 5) is 9.86. The minimum absolute atomic E-state index is 0.183. The molecule has 0 bridgehead atoms. The van der Waals surface area contributed by atoms with Crippen LogP contribution >= 0.6 is 0 Å². The molecule has 0 aromatic rings. The van der Waals surface area contributed by atoms with Crippen molar-refractivity contribution in [2.75, 3.05) is 6.54 Å². The van der Waals surface area contributed by atoms with Crippen LogP contribution in [0.3, 0.4) is 0 Å². The van der Waals surface area contributed by atoms with E-state index in [9.17, 15) is 9.90 Å². The molecule has 0 aromatic heterocycles. The first-order valence-electron chi connectivity index (χ1n) is 3.37. The average molecular weight is 144 g/mol. The van der Waals surface area contributed by atoms with Gasteiger partial charge in [-0.1, -0.05) is 20.8 Å². The van der Waals surface area contributed by atoms with E-state index in [1.54, 1.807) is 0 Å². The number of amides is 1. The molecule has 3 nitrogen and oxygen atoms in total. The van der Waals surface area contributed by atoms with Crippen molar-refractivity contribution in [1.29, 1.82) is 0 Å². The second kappa shape index (κ2) is 3.44. The lowest BCUT2D eigenvalue weighted by molar-refractivity contribution is 0.167. The van der Waals surface area contributed by atoms with Crippen molar-refractivity contribution < 1.29 is 9.90 Å². The van der Waals surface area contributed by atoms with Crippen molar-refractivity contribution in [3.8, 4) is 0 Å². The van der Waals surface area contributed by atoms with Crippen LogP contribution in [0.5, 0.6) is 0 Å². The molecule has 0 rings (SSSR count). The second-order valence-electron chi connectivity index (χ2n) is 3.52. The number of hydrogen-bond acceptors (Lipinski definition) is 1. The molecule has 59 valence electrons. The van der Waals surface area contributed by atoms with Gasteiger partial charge in [-0.15, -0.1) is 0 Å². The van der Waals surface area contributed by atoms with Gasteiger partial charge in [0, 0.05) is 6.54 Å². The highest BCUT2D eigenvalue weighted by Crippen LogP contribution is 2.16. The molecule has 0 aliphatic heterocycles. The first kappa shape index (κ1) is 9.27. The van der Waals surface area contributed by atoms with Crippen LogP contribution in [0, 0.1) is 5.41 Å². The number of carbonyl (C=O) groups excluding carboxylic acids is 1. The fourth-order valence-electron chi connectivity index (χ4n) is 0.540. The Hall–Kier alpha value is -0.730. The Balaban J connectivity index is 3.29. The molecule has 1 N–H and O–H groups in total. The van der Waals surface area contributed by atoms with E-state index in [4.69, 9.17) is 0 Å². The Labute approximate surface area is 61.4 Å². The lowest BCUT2D eigenvalue weighted by Crippen LogP contribution is -2.24. The molecule has 10 heavy (non-hydrogen) atoms. The maximum atomic E-state index is 9.86. The lowest BCUT2D eigenvalue weighted by atomic mass is 9.92. The summed E-state index contributed by atoms with van der Waals surface area (Å²) in [6.45, 7) is 6.66. The molecule has 0 aliphatic rings. The van der Waals surface area contributed by atoms with Crippen LogP contribution in [0.4, 0.5) is 4.79 Å². The summed E-state index contributed by atoms with van der Waals surface area (Å²) < 4.78 is 0. The quantitative estimate of drug-likeness (QED) is 0.628. The number of carbonyl (C=O) groups is 1. The zero-order chi connectivity index (χ0) is 8.20.